The van der Waals surface area contributed by atoms with Crippen LogP contribution in [-0.4, -0.2) is 5.11 Å². The molecule has 0 aromatic heterocycles. The van der Waals surface area contributed by atoms with Crippen LogP contribution in [0, 0.1) is 0 Å². The van der Waals surface area contributed by atoms with Crippen LogP contribution >= 0.6 is 0 Å². The average Bonchev–Trinajstić information content (AvgIpc) is 1.89. The molecule has 0 aliphatic carbocycles. The lowest BCUT2D eigenvalue weighted by molar-refractivity contribution is 0.471. The number of hydrogen-bond donors (Lipinski definition) is 1. The maximum Gasteiger partial charge on any atom is 0.0751 e. The fourth-order valence-electron chi connectivity index (χ4n) is 0.552. The third-order valence-electron chi connectivity index (χ3n) is 1.01. The SMILES string of the molecule is CCC=CCCC=CO. The second-order valence-electron chi connectivity index (χ2n) is 1.84. The molecule has 0 amide bonds. The number of allylic oxidation sites excluding steroid dienone is 3. The Kier molecular flexibility index (Phi) is 6.70. The van der Waals surface area contributed by atoms with E-state index in [1.165, 1.54) is 0 Å². The molecule has 0 fully saturated rings. The topological polar surface area (TPSA) is 20.2 Å². The summed E-state index contributed by atoms with van der Waals surface area (Å²) in [6.07, 6.45) is 10.2. The van der Waals surface area contributed by atoms with Gasteiger partial charge in [-0.1, -0.05) is 19.1 Å². The highest BCUT2D eigenvalue weighted by atomic mass is 16.2. The molecule has 0 aliphatic rings. The molecule has 0 radical (unpaired) electrons. The summed E-state index contributed by atoms with van der Waals surface area (Å²) in [4.78, 5) is 0. The van der Waals surface area contributed by atoms with E-state index in [1.807, 2.05) is 0 Å². The molecular weight excluding hydrogens is 112 g/mol. The van der Waals surface area contributed by atoms with Crippen LogP contribution in [0.5, 0.6) is 0 Å². The van der Waals surface area contributed by atoms with E-state index in [9.17, 15) is 0 Å². The first kappa shape index (κ1) is 8.28. The van der Waals surface area contributed by atoms with E-state index in [4.69, 9.17) is 5.11 Å². The minimum atomic E-state index is 0.938. The highest BCUT2D eigenvalue weighted by Crippen LogP contribution is 1.92. The first-order valence-electron chi connectivity index (χ1n) is 3.36. The van der Waals surface area contributed by atoms with Gasteiger partial charge in [-0.15, -0.1) is 0 Å². The fraction of sp³-hybridized carbons (Fsp3) is 0.500. The van der Waals surface area contributed by atoms with Gasteiger partial charge in [-0.3, -0.25) is 0 Å². The molecule has 1 nitrogen and oxygen atoms in total. The molecule has 1 N–H and O–H groups in total. The Labute approximate surface area is 56.7 Å². The smallest absolute Gasteiger partial charge is 0.0751 e. The molecule has 0 unspecified atom stereocenters. The molecule has 0 bridgehead atoms. The van der Waals surface area contributed by atoms with Crippen LogP contribution in [0.1, 0.15) is 26.2 Å². The van der Waals surface area contributed by atoms with Gasteiger partial charge in [0.1, 0.15) is 0 Å². The van der Waals surface area contributed by atoms with Gasteiger partial charge in [0.15, 0.2) is 0 Å². The van der Waals surface area contributed by atoms with Gasteiger partial charge in [-0.2, -0.15) is 0 Å². The summed E-state index contributed by atoms with van der Waals surface area (Å²) in [5.41, 5.74) is 0. The van der Waals surface area contributed by atoms with E-state index >= 15 is 0 Å². The summed E-state index contributed by atoms with van der Waals surface area (Å²) in [6, 6.07) is 0. The summed E-state index contributed by atoms with van der Waals surface area (Å²) in [7, 11) is 0. The summed E-state index contributed by atoms with van der Waals surface area (Å²) >= 11 is 0. The Morgan fingerprint density at radius 3 is 2.33 bits per heavy atom. The average molecular weight is 126 g/mol. The lowest BCUT2D eigenvalue weighted by Gasteiger charge is -1.82. The van der Waals surface area contributed by atoms with Crippen LogP contribution in [0.25, 0.3) is 0 Å². The first-order valence-corrected chi connectivity index (χ1v) is 3.36. The largest absolute Gasteiger partial charge is 0.516 e. The van der Waals surface area contributed by atoms with Crippen molar-refractivity contribution in [3.63, 3.8) is 0 Å². The van der Waals surface area contributed by atoms with Gasteiger partial charge in [0.25, 0.3) is 0 Å². The van der Waals surface area contributed by atoms with Crippen molar-refractivity contribution in [2.24, 2.45) is 0 Å². The highest BCUT2D eigenvalue weighted by Gasteiger charge is 1.73. The van der Waals surface area contributed by atoms with Gasteiger partial charge < -0.3 is 5.11 Å². The number of unbranched alkanes of at least 4 members (excludes halogenated alkanes) is 1. The Morgan fingerprint density at radius 2 is 1.78 bits per heavy atom. The van der Waals surface area contributed by atoms with E-state index in [-0.39, 0.29) is 0 Å². The van der Waals surface area contributed by atoms with Crippen LogP contribution < -0.4 is 0 Å². The van der Waals surface area contributed by atoms with Crippen molar-refractivity contribution in [2.75, 3.05) is 0 Å². The Hall–Kier alpha value is -0.720. The molecular formula is C8H14O. The minimum Gasteiger partial charge on any atom is -0.516 e. The molecule has 0 aromatic carbocycles. The van der Waals surface area contributed by atoms with Gasteiger partial charge in [0, 0.05) is 0 Å². The summed E-state index contributed by atoms with van der Waals surface area (Å²) in [6.45, 7) is 2.11. The lowest BCUT2D eigenvalue weighted by atomic mass is 10.3. The van der Waals surface area contributed by atoms with E-state index in [0.29, 0.717) is 0 Å². The molecule has 9 heavy (non-hydrogen) atoms. The maximum absolute atomic E-state index is 8.22. The van der Waals surface area contributed by atoms with Crippen LogP contribution in [0.4, 0.5) is 0 Å². The Balaban J connectivity index is 2.99. The highest BCUT2D eigenvalue weighted by molar-refractivity contribution is 4.84. The van der Waals surface area contributed by atoms with E-state index in [2.05, 4.69) is 19.1 Å². The number of hydrogen-bond acceptors (Lipinski definition) is 1. The first-order chi connectivity index (χ1) is 4.41. The molecule has 0 aliphatic heterocycles. The van der Waals surface area contributed by atoms with Crippen LogP contribution in [0.3, 0.4) is 0 Å². The molecule has 0 atom stereocenters. The number of aliphatic hydroxyl groups excluding tert-OH is 1. The quantitative estimate of drug-likeness (QED) is 0.349. The molecule has 52 valence electrons. The molecule has 0 aromatic rings. The van der Waals surface area contributed by atoms with Gasteiger partial charge in [-0.25, -0.2) is 0 Å². The van der Waals surface area contributed by atoms with E-state index in [1.54, 1.807) is 6.08 Å². The zero-order valence-electron chi connectivity index (χ0n) is 5.88. The Bertz CT molecular complexity index is 92.7. The third-order valence-corrected chi connectivity index (χ3v) is 1.01. The number of rotatable bonds is 4. The summed E-state index contributed by atoms with van der Waals surface area (Å²) in [5.74, 6) is 0. The maximum atomic E-state index is 8.22. The van der Waals surface area contributed by atoms with Crippen molar-refractivity contribution >= 4 is 0 Å². The second-order valence-corrected chi connectivity index (χ2v) is 1.84. The zero-order chi connectivity index (χ0) is 6.95. The summed E-state index contributed by atoms with van der Waals surface area (Å²) in [5, 5.41) is 8.22. The van der Waals surface area contributed by atoms with Crippen molar-refractivity contribution < 1.29 is 5.11 Å². The van der Waals surface area contributed by atoms with Gasteiger partial charge in [0.05, 0.1) is 6.26 Å². The predicted molar refractivity (Wildman–Crippen MR) is 40.4 cm³/mol. The second kappa shape index (κ2) is 7.28. The predicted octanol–water partition coefficient (Wildman–Crippen LogP) is 2.80. The molecule has 0 saturated heterocycles. The zero-order valence-corrected chi connectivity index (χ0v) is 5.88. The van der Waals surface area contributed by atoms with Crippen molar-refractivity contribution in [1.29, 1.82) is 0 Å². The van der Waals surface area contributed by atoms with Crippen molar-refractivity contribution in [3.8, 4) is 0 Å². The fourth-order valence-corrected chi connectivity index (χ4v) is 0.552. The van der Waals surface area contributed by atoms with Crippen LogP contribution in [-0.2, 0) is 0 Å². The monoisotopic (exact) mass is 126 g/mol. The van der Waals surface area contributed by atoms with E-state index in [0.717, 1.165) is 25.5 Å². The van der Waals surface area contributed by atoms with Crippen LogP contribution in [0.2, 0.25) is 0 Å². The number of aliphatic hydroxyl groups is 1. The molecule has 0 rings (SSSR count). The van der Waals surface area contributed by atoms with Crippen molar-refractivity contribution in [3.05, 3.63) is 24.5 Å². The molecule has 0 spiro atoms. The normalized spacial score (nSPS) is 11.7. The van der Waals surface area contributed by atoms with Crippen molar-refractivity contribution in [2.45, 2.75) is 26.2 Å². The van der Waals surface area contributed by atoms with Crippen LogP contribution in [0.15, 0.2) is 24.5 Å². The third kappa shape index (κ3) is 7.28. The molecule has 0 heterocycles. The van der Waals surface area contributed by atoms with Crippen molar-refractivity contribution in [1.82, 2.24) is 0 Å². The van der Waals surface area contributed by atoms with E-state index < -0.39 is 0 Å². The van der Waals surface area contributed by atoms with Gasteiger partial charge in [0.2, 0.25) is 0 Å². The van der Waals surface area contributed by atoms with Gasteiger partial charge in [-0.05, 0) is 25.3 Å². The lowest BCUT2D eigenvalue weighted by Crippen LogP contribution is -1.63. The standard InChI is InChI=1S/C8H14O/c1-2-3-4-5-6-7-8-9/h3-4,7-9H,2,5-6H2,1H3. The molecule has 1 heteroatoms. The summed E-state index contributed by atoms with van der Waals surface area (Å²) < 4.78 is 0. The Morgan fingerprint density at radius 1 is 1.11 bits per heavy atom. The molecule has 0 saturated carbocycles. The van der Waals surface area contributed by atoms with Gasteiger partial charge >= 0.3 is 0 Å². The minimum absolute atomic E-state index is 0.938.